The van der Waals surface area contributed by atoms with Gasteiger partial charge in [-0.3, -0.25) is 0 Å². The van der Waals surface area contributed by atoms with Crippen LogP contribution in [0.3, 0.4) is 0 Å². The molecule has 3 aromatic rings. The molecule has 1 aromatic heterocycles. The van der Waals surface area contributed by atoms with Gasteiger partial charge in [-0.2, -0.15) is 4.98 Å². The summed E-state index contributed by atoms with van der Waals surface area (Å²) in [6, 6.07) is 15.0. The van der Waals surface area contributed by atoms with Crippen LogP contribution in [0.1, 0.15) is 11.5 Å². The Morgan fingerprint density at radius 2 is 1.95 bits per heavy atom. The minimum Gasteiger partial charge on any atom is -0.399 e. The van der Waals surface area contributed by atoms with Crippen LogP contribution in [0.15, 0.2) is 53.1 Å². The van der Waals surface area contributed by atoms with Gasteiger partial charge in [-0.05, 0) is 29.8 Å². The topological polar surface area (TPSA) is 64.9 Å². The molecule has 0 saturated carbocycles. The number of nitrogens with two attached hydrogens (primary N) is 1. The zero-order valence-electron chi connectivity index (χ0n) is 10.6. The molecule has 1 heterocycles. The van der Waals surface area contributed by atoms with Crippen molar-refractivity contribution in [2.24, 2.45) is 0 Å². The van der Waals surface area contributed by atoms with Crippen molar-refractivity contribution in [1.82, 2.24) is 10.1 Å². The molecule has 0 aliphatic heterocycles. The van der Waals surface area contributed by atoms with Crippen molar-refractivity contribution < 1.29 is 4.52 Å². The van der Waals surface area contributed by atoms with E-state index in [9.17, 15) is 0 Å². The van der Waals surface area contributed by atoms with E-state index in [2.05, 4.69) is 10.1 Å². The fourth-order valence-electron chi connectivity index (χ4n) is 1.94. The largest absolute Gasteiger partial charge is 0.399 e. The average molecular weight is 286 g/mol. The Labute approximate surface area is 121 Å². The van der Waals surface area contributed by atoms with Gasteiger partial charge in [-0.15, -0.1) is 0 Å². The molecule has 0 saturated heterocycles. The Morgan fingerprint density at radius 1 is 1.10 bits per heavy atom. The fraction of sp³-hybridized carbons (Fsp3) is 0.0667. The first-order valence-electron chi connectivity index (χ1n) is 6.14. The maximum Gasteiger partial charge on any atom is 0.231 e. The summed E-state index contributed by atoms with van der Waals surface area (Å²) in [6.07, 6.45) is 0.551. The summed E-state index contributed by atoms with van der Waals surface area (Å²) < 4.78 is 5.26. The van der Waals surface area contributed by atoms with Crippen LogP contribution >= 0.6 is 11.6 Å². The summed E-state index contributed by atoms with van der Waals surface area (Å²) in [4.78, 5) is 4.37. The highest BCUT2D eigenvalue weighted by Crippen LogP contribution is 2.20. The van der Waals surface area contributed by atoms with E-state index in [0.29, 0.717) is 28.8 Å². The number of rotatable bonds is 3. The van der Waals surface area contributed by atoms with E-state index >= 15 is 0 Å². The molecule has 0 aliphatic carbocycles. The van der Waals surface area contributed by atoms with Crippen molar-refractivity contribution in [2.45, 2.75) is 6.42 Å². The van der Waals surface area contributed by atoms with Gasteiger partial charge < -0.3 is 10.3 Å². The molecule has 0 spiro atoms. The molecule has 0 fully saturated rings. The van der Waals surface area contributed by atoms with Crippen LogP contribution in [0.25, 0.3) is 11.4 Å². The lowest BCUT2D eigenvalue weighted by Gasteiger charge is -1.97. The summed E-state index contributed by atoms with van der Waals surface area (Å²) >= 11 is 5.95. The van der Waals surface area contributed by atoms with Gasteiger partial charge in [0.25, 0.3) is 0 Å². The normalized spacial score (nSPS) is 10.7. The van der Waals surface area contributed by atoms with Crippen LogP contribution in [-0.2, 0) is 6.42 Å². The average Bonchev–Trinajstić information content (AvgIpc) is 2.87. The lowest BCUT2D eigenvalue weighted by molar-refractivity contribution is 0.385. The Balaban J connectivity index is 1.84. The standard InChI is InChI=1S/C15H12ClN3O/c16-12-5-1-3-10(7-12)8-14-18-15(19-20-14)11-4-2-6-13(17)9-11/h1-7,9H,8,17H2. The molecule has 3 rings (SSSR count). The zero-order valence-corrected chi connectivity index (χ0v) is 11.3. The highest BCUT2D eigenvalue weighted by atomic mass is 35.5. The quantitative estimate of drug-likeness (QED) is 0.747. The van der Waals surface area contributed by atoms with Gasteiger partial charge in [0.15, 0.2) is 0 Å². The van der Waals surface area contributed by atoms with Crippen molar-refractivity contribution in [3.8, 4) is 11.4 Å². The van der Waals surface area contributed by atoms with Crippen molar-refractivity contribution >= 4 is 17.3 Å². The first-order chi connectivity index (χ1) is 9.70. The molecule has 5 heteroatoms. The third-order valence-electron chi connectivity index (χ3n) is 2.86. The molecular formula is C15H12ClN3O. The first kappa shape index (κ1) is 12.7. The molecule has 20 heavy (non-hydrogen) atoms. The van der Waals surface area contributed by atoms with Crippen molar-refractivity contribution in [1.29, 1.82) is 0 Å². The number of hydrogen-bond acceptors (Lipinski definition) is 4. The van der Waals surface area contributed by atoms with Crippen molar-refractivity contribution in [3.05, 3.63) is 65.0 Å². The number of halogens is 1. The SMILES string of the molecule is Nc1cccc(-c2noc(Cc3cccc(Cl)c3)n2)c1. The molecule has 0 bridgehead atoms. The van der Waals surface area contributed by atoms with Crippen molar-refractivity contribution in [3.63, 3.8) is 0 Å². The van der Waals surface area contributed by atoms with Crippen LogP contribution in [0.4, 0.5) is 5.69 Å². The zero-order chi connectivity index (χ0) is 13.9. The predicted octanol–water partition coefficient (Wildman–Crippen LogP) is 3.56. The molecule has 2 N–H and O–H groups in total. The van der Waals surface area contributed by atoms with E-state index in [0.717, 1.165) is 11.1 Å². The molecular weight excluding hydrogens is 274 g/mol. The highest BCUT2D eigenvalue weighted by Gasteiger charge is 2.09. The van der Waals surface area contributed by atoms with Gasteiger partial charge in [0.1, 0.15) is 0 Å². The number of nitrogens with zero attached hydrogens (tertiary/aromatic N) is 2. The highest BCUT2D eigenvalue weighted by molar-refractivity contribution is 6.30. The number of aromatic nitrogens is 2. The summed E-state index contributed by atoms with van der Waals surface area (Å²) in [5.74, 6) is 1.08. The molecule has 4 nitrogen and oxygen atoms in total. The Morgan fingerprint density at radius 3 is 2.75 bits per heavy atom. The van der Waals surface area contributed by atoms with E-state index in [-0.39, 0.29) is 0 Å². The van der Waals surface area contributed by atoms with Gasteiger partial charge in [-0.1, -0.05) is 41.0 Å². The number of anilines is 1. The third-order valence-corrected chi connectivity index (χ3v) is 3.09. The van der Waals surface area contributed by atoms with Crippen LogP contribution in [-0.4, -0.2) is 10.1 Å². The van der Waals surface area contributed by atoms with Gasteiger partial charge in [0, 0.05) is 16.3 Å². The van der Waals surface area contributed by atoms with Crippen LogP contribution in [0.5, 0.6) is 0 Å². The van der Waals surface area contributed by atoms with Crippen LogP contribution < -0.4 is 5.73 Å². The minimum atomic E-state index is 0.536. The number of benzene rings is 2. The van der Waals surface area contributed by atoms with E-state index in [4.69, 9.17) is 21.9 Å². The van der Waals surface area contributed by atoms with Crippen molar-refractivity contribution in [2.75, 3.05) is 5.73 Å². The minimum absolute atomic E-state index is 0.536. The maximum absolute atomic E-state index is 5.95. The predicted molar refractivity (Wildman–Crippen MR) is 78.4 cm³/mol. The third kappa shape index (κ3) is 2.81. The lowest BCUT2D eigenvalue weighted by Crippen LogP contribution is -1.89. The Kier molecular flexibility index (Phi) is 3.39. The number of nitrogen functional groups attached to an aromatic ring is 1. The Hall–Kier alpha value is -2.33. The molecule has 0 amide bonds. The monoisotopic (exact) mass is 285 g/mol. The second-order valence-corrected chi connectivity index (χ2v) is 4.88. The summed E-state index contributed by atoms with van der Waals surface area (Å²) in [5, 5.41) is 4.66. The summed E-state index contributed by atoms with van der Waals surface area (Å²) in [5.41, 5.74) is 8.28. The molecule has 0 unspecified atom stereocenters. The lowest BCUT2D eigenvalue weighted by atomic mass is 10.1. The summed E-state index contributed by atoms with van der Waals surface area (Å²) in [7, 11) is 0. The molecule has 0 radical (unpaired) electrons. The van der Waals surface area contributed by atoms with E-state index in [1.165, 1.54) is 0 Å². The van der Waals surface area contributed by atoms with Gasteiger partial charge in [0.05, 0.1) is 6.42 Å². The molecule has 0 aliphatic rings. The van der Waals surface area contributed by atoms with E-state index in [1.54, 1.807) is 0 Å². The van der Waals surface area contributed by atoms with Crippen LogP contribution in [0.2, 0.25) is 5.02 Å². The molecule has 0 atom stereocenters. The van der Waals surface area contributed by atoms with Crippen LogP contribution in [0, 0.1) is 0 Å². The smallest absolute Gasteiger partial charge is 0.231 e. The second kappa shape index (κ2) is 5.35. The number of hydrogen-bond donors (Lipinski definition) is 1. The first-order valence-corrected chi connectivity index (χ1v) is 6.51. The van der Waals surface area contributed by atoms with E-state index < -0.39 is 0 Å². The fourth-order valence-corrected chi connectivity index (χ4v) is 2.16. The Bertz CT molecular complexity index is 739. The van der Waals surface area contributed by atoms with Gasteiger partial charge in [0.2, 0.25) is 11.7 Å². The second-order valence-electron chi connectivity index (χ2n) is 4.44. The molecule has 2 aromatic carbocycles. The van der Waals surface area contributed by atoms with E-state index in [1.807, 2.05) is 48.5 Å². The van der Waals surface area contributed by atoms with Gasteiger partial charge >= 0.3 is 0 Å². The van der Waals surface area contributed by atoms with Gasteiger partial charge in [-0.25, -0.2) is 0 Å². The molecule has 100 valence electrons. The maximum atomic E-state index is 5.95. The summed E-state index contributed by atoms with van der Waals surface area (Å²) in [6.45, 7) is 0.